The number of ether oxygens (including phenoxy) is 1. The number of hydrogen-bond donors (Lipinski definition) is 2. The van der Waals surface area contributed by atoms with Gasteiger partial charge in [0.05, 0.1) is 10.3 Å². The highest BCUT2D eigenvalue weighted by atomic mass is 35.5. The maximum Gasteiger partial charge on any atom is 0.318 e. The smallest absolute Gasteiger partial charge is 0.318 e. The average molecular weight is 396 g/mol. The SMILES string of the molecule is C[C@H](Sc1nnc(COc2ccccc2Cl)n1C1CC1)C(=O)NC(N)=O. The average Bonchev–Trinajstić information content (AvgIpc) is 3.35. The third-order valence-corrected chi connectivity index (χ3v) is 5.11. The number of imide groups is 1. The standard InChI is InChI=1S/C16H18ClN5O3S/c1-9(14(23)19-15(18)24)26-16-21-20-13(22(16)10-6-7-10)8-25-12-5-3-2-4-11(12)17/h2-5,9-10H,6-8H2,1H3,(H3,18,19,23,24)/t9-/m0/s1. The van der Waals surface area contributed by atoms with Crippen molar-refractivity contribution in [3.63, 3.8) is 0 Å². The first-order valence-electron chi connectivity index (χ1n) is 8.03. The van der Waals surface area contributed by atoms with Crippen molar-refractivity contribution in [3.8, 4) is 5.75 Å². The van der Waals surface area contributed by atoms with Crippen molar-refractivity contribution in [1.82, 2.24) is 20.1 Å². The summed E-state index contributed by atoms with van der Waals surface area (Å²) in [6, 6.07) is 6.63. The van der Waals surface area contributed by atoms with Gasteiger partial charge in [-0.3, -0.25) is 14.7 Å². The minimum atomic E-state index is -0.875. The van der Waals surface area contributed by atoms with Crippen LogP contribution in [0.15, 0.2) is 29.4 Å². The van der Waals surface area contributed by atoms with Crippen molar-refractivity contribution in [2.75, 3.05) is 0 Å². The molecule has 1 heterocycles. The van der Waals surface area contributed by atoms with Gasteiger partial charge < -0.3 is 10.5 Å². The topological polar surface area (TPSA) is 112 Å². The molecule has 10 heteroatoms. The molecule has 0 spiro atoms. The molecule has 3 rings (SSSR count). The first-order valence-corrected chi connectivity index (χ1v) is 9.29. The second-order valence-electron chi connectivity index (χ2n) is 5.83. The van der Waals surface area contributed by atoms with Crippen LogP contribution < -0.4 is 15.8 Å². The number of hydrogen-bond acceptors (Lipinski definition) is 6. The summed E-state index contributed by atoms with van der Waals surface area (Å²) >= 11 is 7.32. The van der Waals surface area contributed by atoms with Gasteiger partial charge in [-0.1, -0.05) is 35.5 Å². The summed E-state index contributed by atoms with van der Waals surface area (Å²) in [6.45, 7) is 1.89. The van der Waals surface area contributed by atoms with E-state index >= 15 is 0 Å². The number of nitrogens with zero attached hydrogens (tertiary/aromatic N) is 3. The zero-order valence-electron chi connectivity index (χ0n) is 14.0. The number of aromatic nitrogens is 3. The Labute approximate surface area is 159 Å². The molecule has 1 aliphatic rings. The molecule has 1 aromatic heterocycles. The van der Waals surface area contributed by atoms with Crippen LogP contribution in [-0.4, -0.2) is 32.0 Å². The van der Waals surface area contributed by atoms with E-state index in [0.717, 1.165) is 12.8 Å². The third-order valence-electron chi connectivity index (χ3n) is 3.74. The quantitative estimate of drug-likeness (QED) is 0.696. The fourth-order valence-electron chi connectivity index (χ4n) is 2.32. The van der Waals surface area contributed by atoms with E-state index in [1.54, 1.807) is 19.1 Å². The number of halogens is 1. The van der Waals surface area contributed by atoms with Crippen LogP contribution >= 0.6 is 23.4 Å². The summed E-state index contributed by atoms with van der Waals surface area (Å²) in [5, 5.41) is 11.0. The first-order chi connectivity index (χ1) is 12.5. The van der Waals surface area contributed by atoms with Gasteiger partial charge in [0.1, 0.15) is 12.4 Å². The molecule has 3 N–H and O–H groups in total. The molecule has 2 aromatic rings. The normalized spacial score (nSPS) is 14.7. The molecular formula is C16H18ClN5O3S. The molecule has 1 fully saturated rings. The summed E-state index contributed by atoms with van der Waals surface area (Å²) in [5.74, 6) is 0.766. The summed E-state index contributed by atoms with van der Waals surface area (Å²) in [4.78, 5) is 22.7. The molecular weight excluding hydrogens is 378 g/mol. The Morgan fingerprint density at radius 2 is 2.15 bits per heavy atom. The zero-order chi connectivity index (χ0) is 18.7. The third kappa shape index (κ3) is 4.47. The Morgan fingerprint density at radius 1 is 1.42 bits per heavy atom. The predicted molar refractivity (Wildman–Crippen MR) is 97.1 cm³/mol. The number of carbonyl (C=O) groups excluding carboxylic acids is 2. The predicted octanol–water partition coefficient (Wildman–Crippen LogP) is 2.52. The van der Waals surface area contributed by atoms with Crippen molar-refractivity contribution in [3.05, 3.63) is 35.1 Å². The van der Waals surface area contributed by atoms with Gasteiger partial charge in [-0.15, -0.1) is 10.2 Å². The molecule has 26 heavy (non-hydrogen) atoms. The van der Waals surface area contributed by atoms with Gasteiger partial charge in [0.25, 0.3) is 0 Å². The van der Waals surface area contributed by atoms with Crippen molar-refractivity contribution in [2.45, 2.75) is 42.8 Å². The van der Waals surface area contributed by atoms with Crippen LogP contribution in [0.4, 0.5) is 4.79 Å². The molecule has 0 unspecified atom stereocenters. The highest BCUT2D eigenvalue weighted by Gasteiger charge is 2.31. The van der Waals surface area contributed by atoms with Gasteiger partial charge in [-0.2, -0.15) is 0 Å². The first kappa shape index (κ1) is 18.5. The van der Waals surface area contributed by atoms with E-state index < -0.39 is 17.2 Å². The number of rotatable bonds is 7. The highest BCUT2D eigenvalue weighted by Crippen LogP contribution is 2.39. The number of carbonyl (C=O) groups is 2. The molecule has 0 radical (unpaired) electrons. The van der Waals surface area contributed by atoms with Gasteiger partial charge in [0.15, 0.2) is 11.0 Å². The van der Waals surface area contributed by atoms with E-state index in [4.69, 9.17) is 22.1 Å². The Kier molecular flexibility index (Phi) is 5.67. The molecule has 8 nitrogen and oxygen atoms in total. The van der Waals surface area contributed by atoms with Crippen LogP contribution in [0, 0.1) is 0 Å². The van der Waals surface area contributed by atoms with E-state index in [2.05, 4.69) is 15.5 Å². The molecule has 0 bridgehead atoms. The lowest BCUT2D eigenvalue weighted by Gasteiger charge is -2.13. The molecule has 0 aliphatic heterocycles. The number of urea groups is 1. The molecule has 1 saturated carbocycles. The largest absolute Gasteiger partial charge is 0.484 e. The van der Waals surface area contributed by atoms with Crippen LogP contribution in [0.1, 0.15) is 31.6 Å². The molecule has 1 aromatic carbocycles. The van der Waals surface area contributed by atoms with Crippen molar-refractivity contribution in [1.29, 1.82) is 0 Å². The monoisotopic (exact) mass is 395 g/mol. The summed E-state index contributed by atoms with van der Waals surface area (Å²) < 4.78 is 7.74. The maximum atomic E-state index is 11.9. The van der Waals surface area contributed by atoms with Gasteiger partial charge in [0.2, 0.25) is 5.91 Å². The van der Waals surface area contributed by atoms with Crippen molar-refractivity contribution >= 4 is 35.3 Å². The van der Waals surface area contributed by atoms with Gasteiger partial charge in [-0.05, 0) is 31.9 Å². The lowest BCUT2D eigenvalue weighted by Crippen LogP contribution is -2.39. The fourth-order valence-corrected chi connectivity index (χ4v) is 3.45. The highest BCUT2D eigenvalue weighted by molar-refractivity contribution is 8.00. The van der Waals surface area contributed by atoms with Crippen LogP contribution in [0.2, 0.25) is 5.02 Å². The van der Waals surface area contributed by atoms with Crippen molar-refractivity contribution in [2.24, 2.45) is 5.73 Å². The second-order valence-corrected chi connectivity index (χ2v) is 7.55. The number of amides is 3. The molecule has 1 atom stereocenters. The Hall–Kier alpha value is -2.26. The number of thioether (sulfide) groups is 1. The number of benzene rings is 1. The minimum Gasteiger partial charge on any atom is -0.484 e. The molecule has 3 amide bonds. The van der Waals surface area contributed by atoms with E-state index in [9.17, 15) is 9.59 Å². The zero-order valence-corrected chi connectivity index (χ0v) is 15.6. The lowest BCUT2D eigenvalue weighted by molar-refractivity contribution is -0.119. The Morgan fingerprint density at radius 3 is 2.81 bits per heavy atom. The van der Waals surface area contributed by atoms with Gasteiger partial charge in [-0.25, -0.2) is 4.79 Å². The summed E-state index contributed by atoms with van der Waals surface area (Å²) in [6.07, 6.45) is 2.04. The van der Waals surface area contributed by atoms with Gasteiger partial charge >= 0.3 is 6.03 Å². The summed E-state index contributed by atoms with van der Waals surface area (Å²) in [7, 11) is 0. The van der Waals surface area contributed by atoms with Gasteiger partial charge in [0, 0.05) is 6.04 Å². The molecule has 138 valence electrons. The van der Waals surface area contributed by atoms with Crippen LogP contribution in [0.3, 0.4) is 0 Å². The fraction of sp³-hybridized carbons (Fsp3) is 0.375. The van der Waals surface area contributed by atoms with E-state index in [1.807, 2.05) is 16.7 Å². The lowest BCUT2D eigenvalue weighted by atomic mass is 10.3. The number of nitrogens with one attached hydrogen (secondary N) is 1. The minimum absolute atomic E-state index is 0.218. The van der Waals surface area contributed by atoms with E-state index in [-0.39, 0.29) is 6.61 Å². The number of para-hydroxylation sites is 1. The van der Waals surface area contributed by atoms with Crippen LogP contribution in [-0.2, 0) is 11.4 Å². The number of primary amides is 1. The van der Waals surface area contributed by atoms with E-state index in [1.165, 1.54) is 11.8 Å². The number of nitrogens with two attached hydrogens (primary N) is 1. The Balaban J connectivity index is 1.71. The van der Waals surface area contributed by atoms with Crippen LogP contribution in [0.5, 0.6) is 5.75 Å². The molecule has 1 aliphatic carbocycles. The maximum absolute atomic E-state index is 11.9. The molecule has 0 saturated heterocycles. The van der Waals surface area contributed by atoms with E-state index in [0.29, 0.717) is 27.8 Å². The van der Waals surface area contributed by atoms with Crippen molar-refractivity contribution < 1.29 is 14.3 Å². The second kappa shape index (κ2) is 7.96. The van der Waals surface area contributed by atoms with Crippen LogP contribution in [0.25, 0.3) is 0 Å². The summed E-state index contributed by atoms with van der Waals surface area (Å²) in [5.41, 5.74) is 4.98. The Bertz CT molecular complexity index is 824.